The fourth-order valence-electron chi connectivity index (χ4n) is 1.06. The molecule has 1 aromatic carbocycles. The van der Waals surface area contributed by atoms with Crippen molar-refractivity contribution >= 4 is 17.7 Å². The highest BCUT2D eigenvalue weighted by molar-refractivity contribution is 6.17. The van der Waals surface area contributed by atoms with Gasteiger partial charge in [-0.15, -0.1) is 11.6 Å². The molecule has 0 saturated carbocycles. The van der Waals surface area contributed by atoms with Crippen molar-refractivity contribution in [2.24, 2.45) is 0 Å². The largest absolute Gasteiger partial charge is 0.207 e. The lowest BCUT2D eigenvalue weighted by atomic mass is 10.1. The van der Waals surface area contributed by atoms with Gasteiger partial charge in [0, 0.05) is 5.88 Å². The molecule has 14 heavy (non-hydrogen) atoms. The molecule has 0 spiro atoms. The molecule has 0 radical (unpaired) electrons. The van der Waals surface area contributed by atoms with Crippen molar-refractivity contribution in [3.8, 4) is 6.07 Å². The molecule has 0 heterocycles. The van der Waals surface area contributed by atoms with Crippen molar-refractivity contribution in [2.45, 2.75) is 6.42 Å². The number of alkyl halides is 1. The van der Waals surface area contributed by atoms with E-state index < -0.39 is 5.82 Å². The van der Waals surface area contributed by atoms with Gasteiger partial charge in [-0.1, -0.05) is 12.2 Å². The van der Waals surface area contributed by atoms with E-state index in [1.807, 2.05) is 12.1 Å². The zero-order chi connectivity index (χ0) is 10.4. The minimum absolute atomic E-state index is 0.329. The Balaban J connectivity index is 2.88. The van der Waals surface area contributed by atoms with Gasteiger partial charge in [0.2, 0.25) is 0 Å². The monoisotopic (exact) mass is 209 g/mol. The Morgan fingerprint density at radius 1 is 1.43 bits per heavy atom. The number of benzene rings is 1. The summed E-state index contributed by atoms with van der Waals surface area (Å²) in [5, 5.41) is 8.60. The van der Waals surface area contributed by atoms with Crippen LogP contribution in [0.1, 0.15) is 17.5 Å². The molecule has 1 nitrogen and oxygen atoms in total. The summed E-state index contributed by atoms with van der Waals surface area (Å²) < 4.78 is 12.9. The second-order valence-electron chi connectivity index (χ2n) is 2.77. The van der Waals surface area contributed by atoms with Gasteiger partial charge in [-0.25, -0.2) is 4.39 Å². The van der Waals surface area contributed by atoms with Gasteiger partial charge in [0.25, 0.3) is 0 Å². The first-order valence-electron chi connectivity index (χ1n) is 4.19. The first-order valence-corrected chi connectivity index (χ1v) is 4.73. The van der Waals surface area contributed by atoms with Crippen LogP contribution in [0, 0.1) is 17.1 Å². The van der Waals surface area contributed by atoms with Gasteiger partial charge >= 0.3 is 0 Å². The van der Waals surface area contributed by atoms with Crippen LogP contribution in [-0.2, 0) is 0 Å². The molecule has 0 N–H and O–H groups in total. The summed E-state index contributed by atoms with van der Waals surface area (Å²) in [6.45, 7) is 0. The molecular formula is C11H9ClFN. The molecule has 0 aliphatic rings. The normalized spacial score (nSPS) is 10.4. The number of rotatable bonds is 3. The van der Waals surface area contributed by atoms with Crippen LogP contribution in [0.5, 0.6) is 0 Å². The summed E-state index contributed by atoms with van der Waals surface area (Å²) in [5.41, 5.74) is 1.02. The zero-order valence-electron chi connectivity index (χ0n) is 7.50. The van der Waals surface area contributed by atoms with Crippen LogP contribution in [0.2, 0.25) is 0 Å². The average molecular weight is 210 g/mol. The first kappa shape index (κ1) is 10.7. The predicted molar refractivity (Wildman–Crippen MR) is 55.5 cm³/mol. The molecule has 0 aromatic heterocycles. The van der Waals surface area contributed by atoms with Crippen molar-refractivity contribution in [3.63, 3.8) is 0 Å². The molecular weight excluding hydrogens is 201 g/mol. The molecule has 0 aliphatic heterocycles. The lowest BCUT2D eigenvalue weighted by molar-refractivity contribution is 0.627. The van der Waals surface area contributed by atoms with Crippen LogP contribution in [0.15, 0.2) is 24.3 Å². The molecule has 0 unspecified atom stereocenters. The molecule has 0 atom stereocenters. The second-order valence-corrected chi connectivity index (χ2v) is 3.14. The van der Waals surface area contributed by atoms with Gasteiger partial charge in [0.1, 0.15) is 5.82 Å². The number of nitrogens with zero attached hydrogens (tertiary/aromatic N) is 1. The van der Waals surface area contributed by atoms with Crippen LogP contribution in [-0.4, -0.2) is 5.88 Å². The molecule has 0 fully saturated rings. The summed E-state index contributed by atoms with van der Waals surface area (Å²) >= 11 is 5.48. The van der Waals surface area contributed by atoms with Crippen molar-refractivity contribution in [1.82, 2.24) is 0 Å². The third-order valence-corrected chi connectivity index (χ3v) is 1.85. The van der Waals surface area contributed by atoms with E-state index in [-0.39, 0.29) is 0 Å². The molecule has 0 aliphatic carbocycles. The topological polar surface area (TPSA) is 23.8 Å². The number of hydrogen-bond acceptors (Lipinski definition) is 1. The Bertz CT molecular complexity index is 379. The fourth-order valence-corrected chi connectivity index (χ4v) is 1.18. The van der Waals surface area contributed by atoms with Crippen molar-refractivity contribution in [1.29, 1.82) is 5.26 Å². The molecule has 1 rings (SSSR count). The van der Waals surface area contributed by atoms with E-state index in [0.29, 0.717) is 17.0 Å². The Hall–Kier alpha value is -1.33. The van der Waals surface area contributed by atoms with E-state index in [2.05, 4.69) is 0 Å². The van der Waals surface area contributed by atoms with Crippen LogP contribution < -0.4 is 0 Å². The van der Waals surface area contributed by atoms with E-state index >= 15 is 0 Å². The van der Waals surface area contributed by atoms with Crippen molar-refractivity contribution < 1.29 is 4.39 Å². The number of hydrogen-bond donors (Lipinski definition) is 0. The molecule has 1 aromatic rings. The number of allylic oxidation sites excluding steroid dienone is 1. The maximum atomic E-state index is 12.9. The fraction of sp³-hybridized carbons (Fsp3) is 0.182. The van der Waals surface area contributed by atoms with E-state index in [4.69, 9.17) is 16.9 Å². The van der Waals surface area contributed by atoms with Gasteiger partial charge in [-0.05, 0) is 30.2 Å². The summed E-state index contributed by atoms with van der Waals surface area (Å²) in [5.74, 6) is 0.145. The van der Waals surface area contributed by atoms with E-state index in [0.717, 1.165) is 6.42 Å². The Kier molecular flexibility index (Phi) is 4.15. The molecule has 72 valence electrons. The van der Waals surface area contributed by atoms with Crippen LogP contribution in [0.25, 0.3) is 6.08 Å². The van der Waals surface area contributed by atoms with Gasteiger partial charge in [-0.3, -0.25) is 0 Å². The highest BCUT2D eigenvalue weighted by Gasteiger charge is 1.96. The number of halogens is 2. The maximum absolute atomic E-state index is 12.9. The van der Waals surface area contributed by atoms with Crippen LogP contribution >= 0.6 is 11.6 Å². The standard InChI is InChI=1S/C11H9ClFN/c12-4-2-1-3-9-5-10(8-14)7-11(13)6-9/h1,3,5-7H,2,4H2. The van der Waals surface area contributed by atoms with Crippen LogP contribution in [0.4, 0.5) is 4.39 Å². The average Bonchev–Trinajstić information content (AvgIpc) is 2.17. The summed E-state index contributed by atoms with van der Waals surface area (Å²) in [7, 11) is 0. The molecule has 0 saturated heterocycles. The minimum Gasteiger partial charge on any atom is -0.207 e. The van der Waals surface area contributed by atoms with Gasteiger partial charge < -0.3 is 0 Å². The summed E-state index contributed by atoms with van der Waals surface area (Å²) in [4.78, 5) is 0. The quantitative estimate of drug-likeness (QED) is 0.701. The first-order chi connectivity index (χ1) is 6.76. The zero-order valence-corrected chi connectivity index (χ0v) is 8.26. The summed E-state index contributed by atoms with van der Waals surface area (Å²) in [6, 6.07) is 6.12. The van der Waals surface area contributed by atoms with Crippen molar-refractivity contribution in [2.75, 3.05) is 5.88 Å². The smallest absolute Gasteiger partial charge is 0.125 e. The van der Waals surface area contributed by atoms with E-state index in [9.17, 15) is 4.39 Å². The lowest BCUT2D eigenvalue weighted by Gasteiger charge is -1.95. The third-order valence-electron chi connectivity index (χ3n) is 1.64. The Labute approximate surface area is 87.4 Å². The van der Waals surface area contributed by atoms with E-state index in [1.165, 1.54) is 12.1 Å². The highest BCUT2D eigenvalue weighted by Crippen LogP contribution is 2.10. The SMILES string of the molecule is N#Cc1cc(F)cc(C=CCCCl)c1. The maximum Gasteiger partial charge on any atom is 0.125 e. The van der Waals surface area contributed by atoms with Gasteiger partial charge in [0.05, 0.1) is 11.6 Å². The minimum atomic E-state index is -0.394. The molecule has 3 heteroatoms. The van der Waals surface area contributed by atoms with E-state index in [1.54, 1.807) is 12.1 Å². The molecule has 0 bridgehead atoms. The Morgan fingerprint density at radius 3 is 2.86 bits per heavy atom. The number of nitriles is 1. The van der Waals surface area contributed by atoms with Crippen molar-refractivity contribution in [3.05, 3.63) is 41.2 Å². The third kappa shape index (κ3) is 3.20. The predicted octanol–water partition coefficient (Wildman–Crippen LogP) is 3.34. The lowest BCUT2D eigenvalue weighted by Crippen LogP contribution is -1.82. The van der Waals surface area contributed by atoms with Gasteiger partial charge in [-0.2, -0.15) is 5.26 Å². The molecule has 0 amide bonds. The second kappa shape index (κ2) is 5.41. The Morgan fingerprint density at radius 2 is 2.21 bits per heavy atom. The summed E-state index contributed by atoms with van der Waals surface area (Å²) in [6.07, 6.45) is 4.34. The van der Waals surface area contributed by atoms with Crippen LogP contribution in [0.3, 0.4) is 0 Å². The highest BCUT2D eigenvalue weighted by atomic mass is 35.5. The van der Waals surface area contributed by atoms with Gasteiger partial charge in [0.15, 0.2) is 0 Å².